The van der Waals surface area contributed by atoms with E-state index in [0.717, 1.165) is 33.3 Å². The van der Waals surface area contributed by atoms with E-state index in [9.17, 15) is 4.79 Å². The first-order valence-corrected chi connectivity index (χ1v) is 12.1. The van der Waals surface area contributed by atoms with Gasteiger partial charge in [0.15, 0.2) is 16.5 Å². The summed E-state index contributed by atoms with van der Waals surface area (Å²) in [5, 5.41) is 1.11. The van der Waals surface area contributed by atoms with Gasteiger partial charge in [-0.2, -0.15) is 0 Å². The Balaban J connectivity index is 1.49. The Hall–Kier alpha value is -3.06. The third-order valence-corrected chi connectivity index (χ3v) is 7.12. The molecule has 8 heteroatoms. The van der Waals surface area contributed by atoms with Gasteiger partial charge >= 0.3 is 0 Å². The van der Waals surface area contributed by atoms with Gasteiger partial charge in [-0.25, -0.2) is 9.38 Å². The SMILES string of the molecule is COc1cc(C=c2sc3nc4c(C)cc(C)cc4n3c2=O)ccc1OCc1ccc(Cl)cc1Cl. The van der Waals surface area contributed by atoms with Crippen molar-refractivity contribution in [3.63, 3.8) is 0 Å². The molecule has 0 fully saturated rings. The smallest absolute Gasteiger partial charge is 0.274 e. The van der Waals surface area contributed by atoms with Gasteiger partial charge in [0, 0.05) is 15.6 Å². The van der Waals surface area contributed by atoms with Gasteiger partial charge < -0.3 is 9.47 Å². The predicted molar refractivity (Wildman–Crippen MR) is 139 cm³/mol. The van der Waals surface area contributed by atoms with Crippen LogP contribution in [0.15, 0.2) is 53.3 Å². The maximum Gasteiger partial charge on any atom is 0.274 e. The molecular weight excluding hydrogens is 491 g/mol. The zero-order chi connectivity index (χ0) is 24.0. The van der Waals surface area contributed by atoms with Crippen LogP contribution in [0.5, 0.6) is 11.5 Å². The van der Waals surface area contributed by atoms with Crippen molar-refractivity contribution in [3.05, 3.63) is 95.7 Å². The van der Waals surface area contributed by atoms with E-state index >= 15 is 0 Å². The van der Waals surface area contributed by atoms with Gasteiger partial charge in [-0.1, -0.05) is 52.7 Å². The second-order valence-corrected chi connectivity index (χ2v) is 9.88. The van der Waals surface area contributed by atoms with Crippen LogP contribution in [-0.4, -0.2) is 16.5 Å². The van der Waals surface area contributed by atoms with Crippen molar-refractivity contribution in [1.29, 1.82) is 0 Å². The molecule has 172 valence electrons. The molecule has 0 atom stereocenters. The maximum atomic E-state index is 13.2. The Labute approximate surface area is 209 Å². The molecular formula is C26H20Cl2N2O3S. The van der Waals surface area contributed by atoms with Crippen LogP contribution < -0.4 is 19.6 Å². The lowest BCUT2D eigenvalue weighted by molar-refractivity contribution is 0.284. The van der Waals surface area contributed by atoms with Gasteiger partial charge in [-0.05, 0) is 66.9 Å². The topological polar surface area (TPSA) is 52.8 Å². The Morgan fingerprint density at radius 2 is 1.88 bits per heavy atom. The van der Waals surface area contributed by atoms with E-state index in [2.05, 4.69) is 6.07 Å². The van der Waals surface area contributed by atoms with Crippen LogP contribution in [0.4, 0.5) is 0 Å². The minimum Gasteiger partial charge on any atom is -0.493 e. The lowest BCUT2D eigenvalue weighted by Crippen LogP contribution is -2.22. The zero-order valence-corrected chi connectivity index (χ0v) is 21.0. The summed E-state index contributed by atoms with van der Waals surface area (Å²) in [5.41, 5.74) is 5.44. The van der Waals surface area contributed by atoms with Crippen LogP contribution in [0, 0.1) is 13.8 Å². The average Bonchev–Trinajstić information content (AvgIpc) is 3.30. The molecule has 0 unspecified atom stereocenters. The van der Waals surface area contributed by atoms with E-state index in [1.807, 2.05) is 50.3 Å². The van der Waals surface area contributed by atoms with Gasteiger partial charge in [0.05, 0.1) is 22.7 Å². The number of hydrogen-bond acceptors (Lipinski definition) is 5. The molecule has 5 rings (SSSR count). The number of benzene rings is 3. The van der Waals surface area contributed by atoms with Crippen LogP contribution in [-0.2, 0) is 6.61 Å². The summed E-state index contributed by atoms with van der Waals surface area (Å²) in [5.74, 6) is 1.13. The average molecular weight is 511 g/mol. The molecule has 2 aromatic heterocycles. The monoisotopic (exact) mass is 510 g/mol. The molecule has 0 bridgehead atoms. The van der Waals surface area contributed by atoms with Crippen molar-refractivity contribution in [3.8, 4) is 11.5 Å². The number of halogens is 2. The summed E-state index contributed by atoms with van der Waals surface area (Å²) in [6.45, 7) is 4.31. The first-order chi connectivity index (χ1) is 16.3. The fourth-order valence-corrected chi connectivity index (χ4v) is 5.39. The van der Waals surface area contributed by atoms with E-state index in [1.54, 1.807) is 23.6 Å². The molecule has 0 aliphatic rings. The van der Waals surface area contributed by atoms with Crippen molar-refractivity contribution in [2.75, 3.05) is 7.11 Å². The number of methoxy groups -OCH3 is 1. The van der Waals surface area contributed by atoms with E-state index < -0.39 is 0 Å². The Morgan fingerprint density at radius 3 is 2.65 bits per heavy atom. The van der Waals surface area contributed by atoms with E-state index in [-0.39, 0.29) is 12.2 Å². The molecule has 0 N–H and O–H groups in total. The lowest BCUT2D eigenvalue weighted by Gasteiger charge is -2.12. The highest BCUT2D eigenvalue weighted by Crippen LogP contribution is 2.30. The molecule has 0 amide bonds. The number of thiazole rings is 1. The number of aryl methyl sites for hydroxylation is 2. The summed E-state index contributed by atoms with van der Waals surface area (Å²) >= 11 is 13.6. The maximum absolute atomic E-state index is 13.2. The second-order valence-electron chi connectivity index (χ2n) is 8.03. The normalized spacial score (nSPS) is 12.1. The molecule has 0 spiro atoms. The van der Waals surface area contributed by atoms with E-state index in [1.165, 1.54) is 11.3 Å². The summed E-state index contributed by atoms with van der Waals surface area (Å²) in [4.78, 5) is 18.6. The van der Waals surface area contributed by atoms with Gasteiger partial charge in [0.2, 0.25) is 0 Å². The van der Waals surface area contributed by atoms with E-state index in [0.29, 0.717) is 31.0 Å². The molecule has 0 aliphatic heterocycles. The highest BCUT2D eigenvalue weighted by molar-refractivity contribution is 7.15. The van der Waals surface area contributed by atoms with Crippen LogP contribution in [0.1, 0.15) is 22.3 Å². The highest BCUT2D eigenvalue weighted by Gasteiger charge is 2.14. The largest absolute Gasteiger partial charge is 0.493 e. The van der Waals surface area contributed by atoms with Crippen LogP contribution in [0.25, 0.3) is 22.1 Å². The number of fused-ring (bicyclic) bond motifs is 3. The van der Waals surface area contributed by atoms with Crippen molar-refractivity contribution < 1.29 is 9.47 Å². The molecule has 2 heterocycles. The Morgan fingerprint density at radius 1 is 1.06 bits per heavy atom. The number of hydrogen-bond donors (Lipinski definition) is 0. The summed E-state index contributed by atoms with van der Waals surface area (Å²) in [6, 6.07) is 14.9. The molecule has 3 aromatic carbocycles. The van der Waals surface area contributed by atoms with E-state index in [4.69, 9.17) is 37.7 Å². The number of nitrogens with zero attached hydrogens (tertiary/aromatic N) is 2. The van der Waals surface area contributed by atoms with Gasteiger partial charge in [0.1, 0.15) is 6.61 Å². The summed E-state index contributed by atoms with van der Waals surface area (Å²) in [6.07, 6.45) is 1.85. The Bertz CT molecular complexity index is 1670. The molecule has 0 saturated heterocycles. The van der Waals surface area contributed by atoms with Crippen molar-refractivity contribution in [1.82, 2.24) is 9.38 Å². The predicted octanol–water partition coefficient (Wildman–Crippen LogP) is 5.97. The van der Waals surface area contributed by atoms with Gasteiger partial charge in [0.25, 0.3) is 5.56 Å². The zero-order valence-electron chi connectivity index (χ0n) is 18.7. The second kappa shape index (κ2) is 8.95. The minimum atomic E-state index is -0.0795. The minimum absolute atomic E-state index is 0.0795. The standard InChI is InChI=1S/C26H20Cl2N2O3S/c1-14-8-15(2)24-20(9-14)30-25(31)23(34-26(30)29-24)11-16-4-7-21(22(10-16)32-3)33-13-17-5-6-18(27)12-19(17)28/h4-12H,13H2,1-3H3. The molecule has 0 radical (unpaired) electrons. The Kier molecular flexibility index (Phi) is 5.98. The van der Waals surface area contributed by atoms with Gasteiger partial charge in [-0.15, -0.1) is 0 Å². The fraction of sp³-hybridized carbons (Fsp3) is 0.154. The first-order valence-electron chi connectivity index (χ1n) is 10.5. The summed E-state index contributed by atoms with van der Waals surface area (Å²) < 4.78 is 13.8. The van der Waals surface area contributed by atoms with Crippen LogP contribution in [0.3, 0.4) is 0 Å². The first kappa shape index (κ1) is 22.7. The lowest BCUT2D eigenvalue weighted by atomic mass is 10.1. The third kappa shape index (κ3) is 4.13. The number of imidazole rings is 1. The van der Waals surface area contributed by atoms with Crippen molar-refractivity contribution >= 4 is 56.6 Å². The van der Waals surface area contributed by atoms with Gasteiger partial charge in [-0.3, -0.25) is 4.79 Å². The van der Waals surface area contributed by atoms with Crippen LogP contribution in [0.2, 0.25) is 10.0 Å². The molecule has 34 heavy (non-hydrogen) atoms. The van der Waals surface area contributed by atoms with Crippen LogP contribution >= 0.6 is 34.5 Å². The number of ether oxygens (including phenoxy) is 2. The molecule has 5 aromatic rings. The van der Waals surface area contributed by atoms with Crippen molar-refractivity contribution in [2.24, 2.45) is 0 Å². The fourth-order valence-electron chi connectivity index (χ4n) is 3.95. The highest BCUT2D eigenvalue weighted by atomic mass is 35.5. The number of rotatable bonds is 5. The molecule has 0 aliphatic carbocycles. The van der Waals surface area contributed by atoms with Crippen molar-refractivity contribution in [2.45, 2.75) is 20.5 Å². The number of aromatic nitrogens is 2. The third-order valence-electron chi connectivity index (χ3n) is 5.56. The molecule has 5 nitrogen and oxygen atoms in total. The summed E-state index contributed by atoms with van der Waals surface area (Å²) in [7, 11) is 1.58. The quantitative estimate of drug-likeness (QED) is 0.292. The molecule has 0 saturated carbocycles.